The van der Waals surface area contributed by atoms with Gasteiger partial charge in [0.15, 0.2) is 0 Å². The highest BCUT2D eigenvalue weighted by Crippen LogP contribution is 2.23. The number of hydrogen-bond acceptors (Lipinski definition) is 3. The van der Waals surface area contributed by atoms with Gasteiger partial charge in [-0.15, -0.1) is 0 Å². The number of para-hydroxylation sites is 1. The van der Waals surface area contributed by atoms with Crippen LogP contribution < -0.4 is 10.5 Å². The summed E-state index contributed by atoms with van der Waals surface area (Å²) in [5.74, 6) is 1.94. The van der Waals surface area contributed by atoms with Gasteiger partial charge in [0, 0.05) is 38.0 Å². The molecule has 0 atom stereocenters. The molecule has 0 spiro atoms. The molecule has 0 aliphatic carbocycles. The van der Waals surface area contributed by atoms with Crippen molar-refractivity contribution in [2.75, 3.05) is 6.61 Å². The largest absolute Gasteiger partial charge is 0.493 e. The van der Waals surface area contributed by atoms with Gasteiger partial charge >= 0.3 is 0 Å². The van der Waals surface area contributed by atoms with Gasteiger partial charge in [-0.2, -0.15) is 0 Å². The van der Waals surface area contributed by atoms with Crippen molar-refractivity contribution in [2.45, 2.75) is 19.9 Å². The van der Waals surface area contributed by atoms with Gasteiger partial charge in [-0.3, -0.25) is 0 Å². The summed E-state index contributed by atoms with van der Waals surface area (Å²) >= 11 is 0. The van der Waals surface area contributed by atoms with E-state index in [0.717, 1.165) is 29.1 Å². The van der Waals surface area contributed by atoms with Crippen LogP contribution in [0.3, 0.4) is 0 Å². The number of nitrogens with zero attached hydrogens (tertiary/aromatic N) is 2. The highest BCUT2D eigenvalue weighted by Gasteiger charge is 2.06. The minimum absolute atomic E-state index is 0.499. The molecule has 0 aliphatic rings. The van der Waals surface area contributed by atoms with Crippen LogP contribution in [0.1, 0.15) is 17.0 Å². The minimum atomic E-state index is 0.499. The Kier molecular flexibility index (Phi) is 3.99. The van der Waals surface area contributed by atoms with Crippen molar-refractivity contribution in [3.63, 3.8) is 0 Å². The van der Waals surface area contributed by atoms with Gasteiger partial charge in [-0.05, 0) is 12.5 Å². The molecule has 0 fully saturated rings. The minimum Gasteiger partial charge on any atom is -0.493 e. The Morgan fingerprint density at radius 3 is 2.89 bits per heavy atom. The number of aryl methyl sites for hydroxylation is 2. The lowest BCUT2D eigenvalue weighted by Gasteiger charge is -2.13. The molecule has 0 saturated carbocycles. The van der Waals surface area contributed by atoms with Crippen LogP contribution in [0.2, 0.25) is 0 Å². The summed E-state index contributed by atoms with van der Waals surface area (Å²) in [5.41, 5.74) is 7.89. The van der Waals surface area contributed by atoms with E-state index < -0.39 is 0 Å². The van der Waals surface area contributed by atoms with Gasteiger partial charge in [-0.25, -0.2) is 4.98 Å². The molecular formula is C14H19N3O. The molecule has 0 amide bonds. The molecule has 96 valence electrons. The van der Waals surface area contributed by atoms with Gasteiger partial charge < -0.3 is 15.0 Å². The van der Waals surface area contributed by atoms with Crippen molar-refractivity contribution in [1.29, 1.82) is 0 Å². The second-order valence-corrected chi connectivity index (χ2v) is 4.32. The average molecular weight is 245 g/mol. The first-order chi connectivity index (χ1) is 8.72. The second-order valence-electron chi connectivity index (χ2n) is 4.32. The number of rotatable bonds is 5. The Labute approximate surface area is 107 Å². The van der Waals surface area contributed by atoms with Gasteiger partial charge in [-0.1, -0.05) is 18.2 Å². The van der Waals surface area contributed by atoms with E-state index in [1.807, 2.05) is 42.9 Å². The maximum Gasteiger partial charge on any atom is 0.126 e. The smallest absolute Gasteiger partial charge is 0.126 e. The van der Waals surface area contributed by atoms with Crippen LogP contribution in [-0.4, -0.2) is 16.2 Å². The van der Waals surface area contributed by atoms with Crippen molar-refractivity contribution < 1.29 is 4.74 Å². The number of imidazole rings is 1. The van der Waals surface area contributed by atoms with E-state index in [0.29, 0.717) is 13.2 Å². The Bertz CT molecular complexity index is 520. The molecule has 0 aliphatic heterocycles. The summed E-state index contributed by atoms with van der Waals surface area (Å²) in [5, 5.41) is 0. The molecule has 0 radical (unpaired) electrons. The third kappa shape index (κ3) is 2.71. The maximum atomic E-state index is 5.85. The van der Waals surface area contributed by atoms with Crippen molar-refractivity contribution in [3.8, 4) is 5.75 Å². The quantitative estimate of drug-likeness (QED) is 0.874. The highest BCUT2D eigenvalue weighted by atomic mass is 16.5. The average Bonchev–Trinajstić information content (AvgIpc) is 2.77. The molecule has 1 heterocycles. The van der Waals surface area contributed by atoms with E-state index in [1.54, 1.807) is 6.20 Å². The van der Waals surface area contributed by atoms with Crippen LogP contribution in [0.5, 0.6) is 5.75 Å². The zero-order valence-electron chi connectivity index (χ0n) is 10.9. The highest BCUT2D eigenvalue weighted by molar-refractivity contribution is 5.40. The predicted octanol–water partition coefficient (Wildman–Crippen LogP) is 1.81. The Balaban J connectivity index is 2.00. The molecule has 0 saturated heterocycles. The standard InChI is InChI=1S/C14H19N3O/c1-11-4-3-5-12(10-15)14(11)18-9-6-13-16-7-8-17(13)2/h3-5,7-8H,6,9-10,15H2,1-2H3. The third-order valence-corrected chi connectivity index (χ3v) is 3.01. The first-order valence-corrected chi connectivity index (χ1v) is 6.10. The summed E-state index contributed by atoms with van der Waals surface area (Å²) in [7, 11) is 1.99. The summed E-state index contributed by atoms with van der Waals surface area (Å²) in [6.45, 7) is 3.15. The van der Waals surface area contributed by atoms with Crippen LogP contribution in [0, 0.1) is 6.92 Å². The first-order valence-electron chi connectivity index (χ1n) is 6.10. The molecule has 18 heavy (non-hydrogen) atoms. The zero-order chi connectivity index (χ0) is 13.0. The fraction of sp³-hybridized carbons (Fsp3) is 0.357. The van der Waals surface area contributed by atoms with E-state index in [4.69, 9.17) is 10.5 Å². The molecule has 1 aromatic carbocycles. The van der Waals surface area contributed by atoms with Crippen molar-refractivity contribution in [2.24, 2.45) is 12.8 Å². The van der Waals surface area contributed by atoms with Gasteiger partial charge in [0.2, 0.25) is 0 Å². The van der Waals surface area contributed by atoms with Crippen LogP contribution in [0.4, 0.5) is 0 Å². The lowest BCUT2D eigenvalue weighted by molar-refractivity contribution is 0.312. The van der Waals surface area contributed by atoms with E-state index >= 15 is 0 Å². The third-order valence-electron chi connectivity index (χ3n) is 3.01. The molecule has 2 rings (SSSR count). The number of benzene rings is 1. The lowest BCUT2D eigenvalue weighted by Crippen LogP contribution is -2.09. The number of nitrogens with two attached hydrogens (primary N) is 1. The molecular weight excluding hydrogens is 226 g/mol. The molecule has 0 bridgehead atoms. The summed E-state index contributed by atoms with van der Waals surface area (Å²) in [6, 6.07) is 6.04. The monoisotopic (exact) mass is 245 g/mol. The van der Waals surface area contributed by atoms with E-state index in [1.165, 1.54) is 0 Å². The number of hydrogen-bond donors (Lipinski definition) is 1. The van der Waals surface area contributed by atoms with Crippen LogP contribution in [0.15, 0.2) is 30.6 Å². The molecule has 2 aromatic rings. The van der Waals surface area contributed by atoms with E-state index in [9.17, 15) is 0 Å². The topological polar surface area (TPSA) is 53.1 Å². The Morgan fingerprint density at radius 2 is 2.22 bits per heavy atom. The van der Waals surface area contributed by atoms with E-state index in [-0.39, 0.29) is 0 Å². The molecule has 4 nitrogen and oxygen atoms in total. The molecule has 1 aromatic heterocycles. The predicted molar refractivity (Wildman–Crippen MR) is 71.5 cm³/mol. The first kappa shape index (κ1) is 12.6. The summed E-state index contributed by atoms with van der Waals surface area (Å²) in [4.78, 5) is 4.27. The second kappa shape index (κ2) is 5.69. The SMILES string of the molecule is Cc1cccc(CN)c1OCCc1nccn1C. The molecule has 2 N–H and O–H groups in total. The number of ether oxygens (including phenoxy) is 1. The summed E-state index contributed by atoms with van der Waals surface area (Å²) < 4.78 is 7.86. The Morgan fingerprint density at radius 1 is 1.39 bits per heavy atom. The lowest BCUT2D eigenvalue weighted by atomic mass is 10.1. The van der Waals surface area contributed by atoms with Gasteiger partial charge in [0.05, 0.1) is 6.61 Å². The van der Waals surface area contributed by atoms with Gasteiger partial charge in [0.1, 0.15) is 11.6 Å². The molecule has 4 heteroatoms. The Hall–Kier alpha value is -1.81. The van der Waals surface area contributed by atoms with Crippen molar-refractivity contribution >= 4 is 0 Å². The van der Waals surface area contributed by atoms with Gasteiger partial charge in [0.25, 0.3) is 0 Å². The van der Waals surface area contributed by atoms with E-state index in [2.05, 4.69) is 4.98 Å². The fourth-order valence-electron chi connectivity index (χ4n) is 1.96. The van der Waals surface area contributed by atoms with Crippen LogP contribution >= 0.6 is 0 Å². The fourth-order valence-corrected chi connectivity index (χ4v) is 1.96. The molecule has 0 unspecified atom stereocenters. The zero-order valence-corrected chi connectivity index (χ0v) is 10.9. The van der Waals surface area contributed by atoms with Crippen LogP contribution in [0.25, 0.3) is 0 Å². The van der Waals surface area contributed by atoms with Crippen LogP contribution in [-0.2, 0) is 20.0 Å². The summed E-state index contributed by atoms with van der Waals surface area (Å²) in [6.07, 6.45) is 4.53. The van der Waals surface area contributed by atoms with Crippen molar-refractivity contribution in [3.05, 3.63) is 47.5 Å². The number of aromatic nitrogens is 2. The maximum absolute atomic E-state index is 5.85. The van der Waals surface area contributed by atoms with Crippen molar-refractivity contribution in [1.82, 2.24) is 9.55 Å². The normalized spacial score (nSPS) is 10.6.